The first-order chi connectivity index (χ1) is 7.18. The van der Waals surface area contributed by atoms with E-state index in [9.17, 15) is 4.79 Å². The molecule has 0 atom stereocenters. The minimum atomic E-state index is -0.845. The van der Waals surface area contributed by atoms with Gasteiger partial charge in [-0.1, -0.05) is 0 Å². The molecule has 1 aliphatic heterocycles. The number of anilines is 1. The lowest BCUT2D eigenvalue weighted by Crippen LogP contribution is -2.51. The van der Waals surface area contributed by atoms with Gasteiger partial charge in [0.25, 0.3) is 0 Å². The predicted molar refractivity (Wildman–Crippen MR) is 52.9 cm³/mol. The number of aryl methyl sites for hydroxylation is 1. The van der Waals surface area contributed by atoms with Crippen LogP contribution >= 0.6 is 0 Å². The van der Waals surface area contributed by atoms with Crippen molar-refractivity contribution in [2.75, 3.05) is 24.7 Å². The van der Waals surface area contributed by atoms with Gasteiger partial charge in [0.05, 0.1) is 36.8 Å². The number of carboxylic acid groups (broad SMARTS) is 1. The van der Waals surface area contributed by atoms with Crippen LogP contribution in [-0.2, 0) is 9.53 Å². The van der Waals surface area contributed by atoms with Crippen LogP contribution in [-0.4, -0.2) is 47.1 Å². The topological polar surface area (TPSA) is 78.5 Å². The number of nitrogens with zero attached hydrogens (tertiary/aromatic N) is 2. The van der Waals surface area contributed by atoms with Crippen LogP contribution in [0.15, 0.2) is 6.20 Å². The van der Waals surface area contributed by atoms with Gasteiger partial charge in [0.2, 0.25) is 0 Å². The number of hydrogen-bond acceptors (Lipinski definition) is 4. The lowest BCUT2D eigenvalue weighted by atomic mass is 10.2. The Morgan fingerprint density at radius 2 is 2.53 bits per heavy atom. The van der Waals surface area contributed by atoms with E-state index in [4.69, 9.17) is 9.84 Å². The lowest BCUT2D eigenvalue weighted by molar-refractivity contribution is -0.135. The maximum absolute atomic E-state index is 10.7. The third-order valence-corrected chi connectivity index (χ3v) is 2.48. The van der Waals surface area contributed by atoms with Crippen molar-refractivity contribution in [2.24, 2.45) is 0 Å². The van der Waals surface area contributed by atoms with E-state index < -0.39 is 5.97 Å². The number of hydrogen-bond donors (Lipinski definition) is 2. The third-order valence-electron chi connectivity index (χ3n) is 2.48. The highest BCUT2D eigenvalue weighted by molar-refractivity contribution is 5.74. The Hall–Kier alpha value is -1.56. The zero-order chi connectivity index (χ0) is 10.8. The molecule has 2 heterocycles. The zero-order valence-electron chi connectivity index (χ0n) is 8.43. The molecule has 1 aliphatic rings. The molecule has 1 fully saturated rings. The summed E-state index contributed by atoms with van der Waals surface area (Å²) in [6.45, 7) is 3.01. The molecule has 0 saturated carbocycles. The fraction of sp³-hybridized carbons (Fsp3) is 0.556. The van der Waals surface area contributed by atoms with E-state index in [1.165, 1.54) is 0 Å². The molecule has 1 saturated heterocycles. The summed E-state index contributed by atoms with van der Waals surface area (Å²) in [5.41, 5.74) is 1.72. The minimum absolute atomic E-state index is 0.0194. The Morgan fingerprint density at radius 3 is 2.93 bits per heavy atom. The van der Waals surface area contributed by atoms with Gasteiger partial charge >= 0.3 is 5.97 Å². The Kier molecular flexibility index (Phi) is 2.59. The zero-order valence-corrected chi connectivity index (χ0v) is 8.43. The van der Waals surface area contributed by atoms with Crippen molar-refractivity contribution in [3.05, 3.63) is 11.9 Å². The number of nitrogens with one attached hydrogen (secondary N) is 1. The monoisotopic (exact) mass is 211 g/mol. The number of aliphatic carboxylic acids is 1. The standard InChI is InChI=1S/C9H13N3O3/c1-6-8(2-10-11-6)12(3-9(13)14)7-4-15-5-7/h2,7H,3-5H2,1H3,(H,10,11)(H,13,14). The van der Waals surface area contributed by atoms with Crippen LogP contribution in [0.3, 0.4) is 0 Å². The fourth-order valence-electron chi connectivity index (χ4n) is 1.59. The van der Waals surface area contributed by atoms with Crippen molar-refractivity contribution in [1.29, 1.82) is 0 Å². The molecule has 0 spiro atoms. The third kappa shape index (κ3) is 1.94. The Balaban J connectivity index is 2.17. The number of ether oxygens (including phenoxy) is 1. The van der Waals surface area contributed by atoms with Crippen LogP contribution in [0.4, 0.5) is 5.69 Å². The van der Waals surface area contributed by atoms with E-state index in [0.29, 0.717) is 13.2 Å². The Morgan fingerprint density at radius 1 is 1.80 bits per heavy atom. The van der Waals surface area contributed by atoms with Crippen molar-refractivity contribution in [1.82, 2.24) is 10.2 Å². The molecule has 1 aromatic rings. The lowest BCUT2D eigenvalue weighted by Gasteiger charge is -2.37. The largest absolute Gasteiger partial charge is 0.480 e. The van der Waals surface area contributed by atoms with Crippen molar-refractivity contribution in [2.45, 2.75) is 13.0 Å². The molecular weight excluding hydrogens is 198 g/mol. The van der Waals surface area contributed by atoms with Gasteiger partial charge in [0.15, 0.2) is 0 Å². The molecule has 2 N–H and O–H groups in total. The highest BCUT2D eigenvalue weighted by Gasteiger charge is 2.29. The van der Waals surface area contributed by atoms with Crippen molar-refractivity contribution < 1.29 is 14.6 Å². The quantitative estimate of drug-likeness (QED) is 0.733. The molecule has 0 aromatic carbocycles. The van der Waals surface area contributed by atoms with Gasteiger partial charge < -0.3 is 14.7 Å². The van der Waals surface area contributed by atoms with Crippen LogP contribution in [0, 0.1) is 6.92 Å². The van der Waals surface area contributed by atoms with Gasteiger partial charge in [0.1, 0.15) is 6.54 Å². The number of rotatable bonds is 4. The average Bonchev–Trinajstić information content (AvgIpc) is 2.46. The molecule has 15 heavy (non-hydrogen) atoms. The van der Waals surface area contributed by atoms with Gasteiger partial charge in [-0.3, -0.25) is 9.89 Å². The first kappa shape index (κ1) is 9.97. The molecule has 0 bridgehead atoms. The number of carboxylic acids is 1. The van der Waals surface area contributed by atoms with E-state index in [1.54, 1.807) is 6.20 Å². The fourth-order valence-corrected chi connectivity index (χ4v) is 1.59. The minimum Gasteiger partial charge on any atom is -0.480 e. The summed E-state index contributed by atoms with van der Waals surface area (Å²) < 4.78 is 5.07. The highest BCUT2D eigenvalue weighted by atomic mass is 16.5. The van der Waals surface area contributed by atoms with E-state index in [-0.39, 0.29) is 12.6 Å². The summed E-state index contributed by atoms with van der Waals surface area (Å²) in [5, 5.41) is 15.5. The van der Waals surface area contributed by atoms with Gasteiger partial charge in [-0.05, 0) is 6.92 Å². The molecule has 6 heteroatoms. The van der Waals surface area contributed by atoms with Crippen molar-refractivity contribution in [3.63, 3.8) is 0 Å². The summed E-state index contributed by atoms with van der Waals surface area (Å²) in [5.74, 6) is -0.845. The molecular formula is C9H13N3O3. The highest BCUT2D eigenvalue weighted by Crippen LogP contribution is 2.22. The normalized spacial score (nSPS) is 16.1. The first-order valence-electron chi connectivity index (χ1n) is 4.74. The van der Waals surface area contributed by atoms with E-state index in [1.807, 2.05) is 11.8 Å². The Labute approximate surface area is 86.8 Å². The summed E-state index contributed by atoms with van der Waals surface area (Å²) in [6.07, 6.45) is 1.65. The molecule has 6 nitrogen and oxygen atoms in total. The second-order valence-electron chi connectivity index (χ2n) is 3.59. The number of carbonyl (C=O) groups is 1. The van der Waals surface area contributed by atoms with Crippen LogP contribution < -0.4 is 4.90 Å². The van der Waals surface area contributed by atoms with Crippen LogP contribution in [0.2, 0.25) is 0 Å². The number of H-pyrrole nitrogens is 1. The molecule has 0 unspecified atom stereocenters. The van der Waals surface area contributed by atoms with Gasteiger partial charge in [-0.15, -0.1) is 0 Å². The van der Waals surface area contributed by atoms with Crippen molar-refractivity contribution in [3.8, 4) is 0 Å². The second kappa shape index (κ2) is 3.90. The maximum atomic E-state index is 10.7. The average molecular weight is 211 g/mol. The first-order valence-corrected chi connectivity index (χ1v) is 4.74. The summed E-state index contributed by atoms with van der Waals surface area (Å²) in [6, 6.07) is 0.150. The summed E-state index contributed by atoms with van der Waals surface area (Å²) in [7, 11) is 0. The van der Waals surface area contributed by atoms with E-state index in [0.717, 1.165) is 11.4 Å². The van der Waals surface area contributed by atoms with E-state index in [2.05, 4.69) is 10.2 Å². The molecule has 2 rings (SSSR count). The Bertz CT molecular complexity index is 359. The molecule has 0 radical (unpaired) electrons. The van der Waals surface area contributed by atoms with Gasteiger partial charge in [-0.25, -0.2) is 0 Å². The number of aromatic nitrogens is 2. The van der Waals surface area contributed by atoms with Gasteiger partial charge in [0, 0.05) is 0 Å². The molecule has 1 aromatic heterocycles. The number of aromatic amines is 1. The molecule has 0 aliphatic carbocycles. The second-order valence-corrected chi connectivity index (χ2v) is 3.59. The smallest absolute Gasteiger partial charge is 0.323 e. The molecule has 0 amide bonds. The van der Waals surface area contributed by atoms with E-state index >= 15 is 0 Å². The summed E-state index contributed by atoms with van der Waals surface area (Å²) in [4.78, 5) is 12.6. The van der Waals surface area contributed by atoms with Gasteiger partial charge in [-0.2, -0.15) is 5.10 Å². The van der Waals surface area contributed by atoms with Crippen LogP contribution in [0.5, 0.6) is 0 Å². The van der Waals surface area contributed by atoms with Crippen LogP contribution in [0.1, 0.15) is 5.69 Å². The molecule has 82 valence electrons. The van der Waals surface area contributed by atoms with Crippen molar-refractivity contribution >= 4 is 11.7 Å². The maximum Gasteiger partial charge on any atom is 0.323 e. The SMILES string of the molecule is Cc1[nH]ncc1N(CC(=O)O)C1COC1. The van der Waals surface area contributed by atoms with Crippen LogP contribution in [0.25, 0.3) is 0 Å². The summed E-state index contributed by atoms with van der Waals surface area (Å²) >= 11 is 0. The predicted octanol–water partition coefficient (Wildman–Crippen LogP) is 0.00792.